The third-order valence-electron chi connectivity index (χ3n) is 2.05. The van der Waals surface area contributed by atoms with Crippen LogP contribution < -0.4 is 13.8 Å². The second kappa shape index (κ2) is 5.43. The number of hydrogen-bond donors (Lipinski definition) is 0. The molecule has 0 N–H and O–H groups in total. The molecule has 2 rings (SSSR count). The first-order valence-electron chi connectivity index (χ1n) is 4.84. The van der Waals surface area contributed by atoms with E-state index in [9.17, 15) is 0 Å². The monoisotopic (exact) mass is 309 g/mol. The van der Waals surface area contributed by atoms with Crippen LogP contribution in [-0.4, -0.2) is 28.9 Å². The van der Waals surface area contributed by atoms with Crippen LogP contribution in [0, 0.1) is 0 Å². The summed E-state index contributed by atoms with van der Waals surface area (Å²) in [4.78, 5) is 3.95. The van der Waals surface area contributed by atoms with Crippen molar-refractivity contribution in [1.82, 2.24) is 4.98 Å². The van der Waals surface area contributed by atoms with Gasteiger partial charge in [0.25, 0.3) is 0 Å². The van der Waals surface area contributed by atoms with Crippen molar-refractivity contribution in [2.75, 3.05) is 7.11 Å². The molecule has 0 bridgehead atoms. The number of methoxy groups -OCH3 is 1. The van der Waals surface area contributed by atoms with E-state index in [1.807, 2.05) is 18.2 Å². The van der Waals surface area contributed by atoms with E-state index in [1.54, 1.807) is 25.6 Å². The zero-order valence-corrected chi connectivity index (χ0v) is 11.7. The Labute approximate surface area is 113 Å². The Balaban J connectivity index is 2.29. The summed E-state index contributed by atoms with van der Waals surface area (Å²) in [5, 5.41) is 0.533. The first-order valence-corrected chi connectivity index (χ1v) is 6.16. The van der Waals surface area contributed by atoms with Gasteiger partial charge in [-0.25, -0.2) is 0 Å². The van der Waals surface area contributed by atoms with Crippen LogP contribution in [0.15, 0.2) is 36.7 Å². The minimum atomic E-state index is 0.533. The predicted molar refractivity (Wildman–Crippen MR) is 67.7 cm³/mol. The summed E-state index contributed by atoms with van der Waals surface area (Å²) >= 11 is 8.28. The van der Waals surface area contributed by atoms with Gasteiger partial charge in [0.15, 0.2) is 0 Å². The summed E-state index contributed by atoms with van der Waals surface area (Å²) in [7, 11) is 1.60. The number of halogens is 1. The number of rotatable bonds is 3. The molecule has 2 aromatic rings. The third-order valence-corrected chi connectivity index (χ3v) is 2.85. The van der Waals surface area contributed by atoms with Crippen LogP contribution in [0.5, 0.6) is 17.2 Å². The van der Waals surface area contributed by atoms with Gasteiger partial charge in [-0.3, -0.25) is 0 Å². The van der Waals surface area contributed by atoms with Gasteiger partial charge in [-0.2, -0.15) is 0 Å². The molecule has 2 radical (unpaired) electrons. The van der Waals surface area contributed by atoms with Gasteiger partial charge in [-0.1, -0.05) is 0 Å². The van der Waals surface area contributed by atoms with E-state index in [2.05, 4.69) is 21.8 Å². The third kappa shape index (κ3) is 3.15. The molecular formula is C12H9AsClNO2. The van der Waals surface area contributed by atoms with Crippen molar-refractivity contribution in [3.8, 4) is 17.2 Å². The van der Waals surface area contributed by atoms with E-state index in [4.69, 9.17) is 21.1 Å². The molecule has 1 aromatic carbocycles. The molecule has 0 atom stereocenters. The van der Waals surface area contributed by atoms with Crippen molar-refractivity contribution in [3.05, 3.63) is 41.7 Å². The van der Waals surface area contributed by atoms with Crippen molar-refractivity contribution >= 4 is 32.8 Å². The van der Waals surface area contributed by atoms with Crippen LogP contribution in [0.2, 0.25) is 5.02 Å². The summed E-state index contributed by atoms with van der Waals surface area (Å²) in [6.45, 7) is 0. The number of ether oxygens (including phenoxy) is 2. The van der Waals surface area contributed by atoms with Crippen LogP contribution in [0.1, 0.15) is 0 Å². The standard InChI is InChI=1S/C12H9AsClNO2/c1-16-12-4-8(13)2-3-11(12)17-10-5-9(14)6-15-7-10/h2-7H,1H3. The minimum absolute atomic E-state index is 0.533. The van der Waals surface area contributed by atoms with Crippen molar-refractivity contribution in [2.24, 2.45) is 0 Å². The van der Waals surface area contributed by atoms with Crippen LogP contribution in [0.4, 0.5) is 0 Å². The average molecular weight is 310 g/mol. The summed E-state index contributed by atoms with van der Waals surface area (Å²) in [5.74, 6) is 1.88. The number of nitrogens with zero attached hydrogens (tertiary/aromatic N) is 1. The molecule has 5 heteroatoms. The molecule has 1 heterocycles. The van der Waals surface area contributed by atoms with Gasteiger partial charge >= 0.3 is 113 Å². The Bertz CT molecular complexity index is 534. The molecule has 0 fully saturated rings. The zero-order chi connectivity index (χ0) is 12.3. The van der Waals surface area contributed by atoms with Crippen LogP contribution in [0.3, 0.4) is 0 Å². The Morgan fingerprint density at radius 3 is 2.71 bits per heavy atom. The van der Waals surface area contributed by atoms with Crippen molar-refractivity contribution in [1.29, 1.82) is 0 Å². The molecule has 0 aliphatic carbocycles. The van der Waals surface area contributed by atoms with Gasteiger partial charge in [0.1, 0.15) is 0 Å². The maximum absolute atomic E-state index is 5.83. The summed E-state index contributed by atoms with van der Waals surface area (Å²) < 4.78 is 11.9. The number of benzene rings is 1. The molecule has 17 heavy (non-hydrogen) atoms. The fraction of sp³-hybridized carbons (Fsp3) is 0.0833. The fourth-order valence-electron chi connectivity index (χ4n) is 1.32. The molecule has 0 unspecified atom stereocenters. The van der Waals surface area contributed by atoms with Crippen molar-refractivity contribution in [3.63, 3.8) is 0 Å². The second-order valence-electron chi connectivity index (χ2n) is 3.28. The van der Waals surface area contributed by atoms with Gasteiger partial charge in [0, 0.05) is 0 Å². The SMILES string of the molecule is COc1cc([As])ccc1Oc1cncc(Cl)c1. The van der Waals surface area contributed by atoms with E-state index in [0.717, 1.165) is 4.35 Å². The summed E-state index contributed by atoms with van der Waals surface area (Å²) in [6, 6.07) is 7.35. The summed E-state index contributed by atoms with van der Waals surface area (Å²) in [6.07, 6.45) is 3.15. The van der Waals surface area contributed by atoms with Gasteiger partial charge < -0.3 is 0 Å². The van der Waals surface area contributed by atoms with Crippen LogP contribution in [0.25, 0.3) is 0 Å². The number of aromatic nitrogens is 1. The van der Waals surface area contributed by atoms with E-state index < -0.39 is 0 Å². The molecule has 0 saturated heterocycles. The average Bonchev–Trinajstić information content (AvgIpc) is 2.31. The molecule has 86 valence electrons. The Morgan fingerprint density at radius 2 is 2.00 bits per heavy atom. The molecule has 0 saturated carbocycles. The van der Waals surface area contributed by atoms with Gasteiger partial charge in [0.05, 0.1) is 0 Å². The topological polar surface area (TPSA) is 31.4 Å². The normalized spacial score (nSPS) is 10.1. The van der Waals surface area contributed by atoms with E-state index >= 15 is 0 Å². The molecule has 1 aromatic heterocycles. The molecular weight excluding hydrogens is 301 g/mol. The molecule has 0 aliphatic heterocycles. The number of hydrogen-bond acceptors (Lipinski definition) is 3. The van der Waals surface area contributed by atoms with E-state index in [-0.39, 0.29) is 0 Å². The van der Waals surface area contributed by atoms with Gasteiger partial charge in [0.2, 0.25) is 0 Å². The van der Waals surface area contributed by atoms with Crippen LogP contribution >= 0.6 is 11.6 Å². The zero-order valence-electron chi connectivity index (χ0n) is 9.05. The Kier molecular flexibility index (Phi) is 3.93. The van der Waals surface area contributed by atoms with Gasteiger partial charge in [-0.15, -0.1) is 0 Å². The van der Waals surface area contributed by atoms with E-state index in [0.29, 0.717) is 22.3 Å². The molecule has 0 amide bonds. The van der Waals surface area contributed by atoms with Crippen molar-refractivity contribution in [2.45, 2.75) is 0 Å². The quantitative estimate of drug-likeness (QED) is 0.816. The summed E-state index contributed by atoms with van der Waals surface area (Å²) in [5.41, 5.74) is 0. The molecule has 3 nitrogen and oxygen atoms in total. The molecule has 0 spiro atoms. The van der Waals surface area contributed by atoms with Crippen molar-refractivity contribution < 1.29 is 9.47 Å². The Morgan fingerprint density at radius 1 is 1.18 bits per heavy atom. The first-order chi connectivity index (χ1) is 8.19. The second-order valence-corrected chi connectivity index (χ2v) is 4.80. The maximum atomic E-state index is 5.83. The predicted octanol–water partition coefficient (Wildman–Crippen LogP) is 2.33. The molecule has 0 aliphatic rings. The van der Waals surface area contributed by atoms with E-state index in [1.165, 1.54) is 0 Å². The Hall–Kier alpha value is -1.18. The van der Waals surface area contributed by atoms with Gasteiger partial charge in [-0.05, 0) is 0 Å². The van der Waals surface area contributed by atoms with Crippen LogP contribution in [-0.2, 0) is 0 Å². The fourth-order valence-corrected chi connectivity index (χ4v) is 1.88. The number of pyridine rings is 1. The first kappa shape index (κ1) is 12.3.